The van der Waals surface area contributed by atoms with Crippen LogP contribution < -0.4 is 5.32 Å². The maximum Gasteiger partial charge on any atom is 0.255 e. The minimum Gasteiger partial charge on any atom is -0.373 e. The van der Waals surface area contributed by atoms with Crippen molar-refractivity contribution in [3.05, 3.63) is 59.1 Å². The molecule has 1 aromatic carbocycles. The Labute approximate surface area is 199 Å². The molecule has 3 aromatic rings. The number of carbonyl (C=O) groups excluding carboxylic acids is 1. The number of halogens is 1. The number of likely N-dealkylation sites (N-methyl/N-ethyl adjacent to an activating group) is 1. The SMILES string of the molecule is CCc1ncnc(-c2ccc(C(=O)N3CC[C@H](N(C)C)C3)c(Cl)c2)c1-c1ccc(NC)nc1. The maximum atomic E-state index is 13.1. The number of nitrogens with one attached hydrogen (secondary N) is 1. The number of benzene rings is 1. The van der Waals surface area contributed by atoms with Crippen molar-refractivity contribution < 1.29 is 4.79 Å². The summed E-state index contributed by atoms with van der Waals surface area (Å²) in [5.41, 5.74) is 4.93. The van der Waals surface area contributed by atoms with Gasteiger partial charge in [-0.05, 0) is 51.2 Å². The Hall–Kier alpha value is -3.03. The fourth-order valence-corrected chi connectivity index (χ4v) is 4.52. The van der Waals surface area contributed by atoms with Crippen molar-refractivity contribution in [2.45, 2.75) is 25.8 Å². The zero-order valence-electron chi connectivity index (χ0n) is 19.5. The molecule has 0 unspecified atom stereocenters. The quantitative estimate of drug-likeness (QED) is 0.588. The monoisotopic (exact) mass is 464 g/mol. The van der Waals surface area contributed by atoms with Gasteiger partial charge in [-0.15, -0.1) is 0 Å². The molecule has 172 valence electrons. The number of carbonyl (C=O) groups is 1. The predicted octanol–water partition coefficient (Wildman–Crippen LogP) is 4.24. The summed E-state index contributed by atoms with van der Waals surface area (Å²) in [6.07, 6.45) is 5.12. The smallest absolute Gasteiger partial charge is 0.255 e. The van der Waals surface area contributed by atoms with E-state index < -0.39 is 0 Å². The number of hydrogen-bond acceptors (Lipinski definition) is 6. The van der Waals surface area contributed by atoms with Crippen molar-refractivity contribution in [1.29, 1.82) is 0 Å². The molecule has 3 heterocycles. The second kappa shape index (κ2) is 9.85. The summed E-state index contributed by atoms with van der Waals surface area (Å²) in [4.78, 5) is 30.7. The molecule has 1 aliphatic rings. The van der Waals surface area contributed by atoms with Crippen LogP contribution in [0.3, 0.4) is 0 Å². The summed E-state index contributed by atoms with van der Waals surface area (Å²) in [7, 11) is 5.93. The topological polar surface area (TPSA) is 74.2 Å². The average Bonchev–Trinajstić information content (AvgIpc) is 3.34. The van der Waals surface area contributed by atoms with E-state index in [4.69, 9.17) is 11.6 Å². The molecule has 0 saturated carbocycles. The molecule has 1 N–H and O–H groups in total. The molecule has 0 radical (unpaired) electrons. The van der Waals surface area contributed by atoms with Gasteiger partial charge in [0, 0.05) is 49.1 Å². The van der Waals surface area contributed by atoms with Crippen molar-refractivity contribution in [2.75, 3.05) is 39.5 Å². The third kappa shape index (κ3) is 4.70. The first-order chi connectivity index (χ1) is 15.9. The number of aryl methyl sites for hydroxylation is 1. The molecule has 8 heteroatoms. The van der Waals surface area contributed by atoms with Crippen LogP contribution in [-0.2, 0) is 6.42 Å². The number of pyridine rings is 1. The number of nitrogens with zero attached hydrogens (tertiary/aromatic N) is 5. The third-order valence-electron chi connectivity index (χ3n) is 6.22. The molecule has 33 heavy (non-hydrogen) atoms. The van der Waals surface area contributed by atoms with Gasteiger partial charge in [-0.25, -0.2) is 15.0 Å². The van der Waals surface area contributed by atoms with E-state index in [9.17, 15) is 4.79 Å². The molecule has 0 aliphatic carbocycles. The summed E-state index contributed by atoms with van der Waals surface area (Å²) in [6, 6.07) is 9.87. The van der Waals surface area contributed by atoms with E-state index in [1.165, 1.54) is 0 Å². The molecule has 7 nitrogen and oxygen atoms in total. The summed E-state index contributed by atoms with van der Waals surface area (Å²) >= 11 is 6.64. The van der Waals surface area contributed by atoms with Gasteiger partial charge in [0.1, 0.15) is 12.1 Å². The van der Waals surface area contributed by atoms with E-state index in [1.807, 2.05) is 62.6 Å². The third-order valence-corrected chi connectivity index (χ3v) is 6.54. The Balaban J connectivity index is 1.69. The largest absolute Gasteiger partial charge is 0.373 e. The lowest BCUT2D eigenvalue weighted by atomic mass is 9.97. The standard InChI is InChI=1S/C25H29ClN6O/c1-5-21-23(17-7-9-22(27-2)28-13-17)24(30-15-29-21)16-6-8-19(20(26)12-16)25(33)32-11-10-18(14-32)31(3)4/h6-9,12-13,15,18H,5,10-11,14H2,1-4H3,(H,27,28)/t18-/m0/s1. The van der Waals surface area contributed by atoms with Crippen LogP contribution in [0.5, 0.6) is 0 Å². The van der Waals surface area contributed by atoms with Gasteiger partial charge in [-0.2, -0.15) is 0 Å². The van der Waals surface area contributed by atoms with E-state index >= 15 is 0 Å². The lowest BCUT2D eigenvalue weighted by Gasteiger charge is -2.21. The molecule has 1 amide bonds. The van der Waals surface area contributed by atoms with Crippen LogP contribution in [0, 0.1) is 0 Å². The maximum absolute atomic E-state index is 13.1. The Morgan fingerprint density at radius 3 is 2.58 bits per heavy atom. The average molecular weight is 465 g/mol. The van der Waals surface area contributed by atoms with Gasteiger partial charge in [-0.3, -0.25) is 4.79 Å². The van der Waals surface area contributed by atoms with Crippen LogP contribution in [0.1, 0.15) is 29.4 Å². The number of likely N-dealkylation sites (tertiary alicyclic amines) is 1. The number of hydrogen-bond donors (Lipinski definition) is 1. The second-order valence-corrected chi connectivity index (χ2v) is 8.84. The van der Waals surface area contributed by atoms with Crippen LogP contribution in [0.2, 0.25) is 5.02 Å². The van der Waals surface area contributed by atoms with Gasteiger partial charge in [0.05, 0.1) is 22.0 Å². The molecule has 4 rings (SSSR count). The van der Waals surface area contributed by atoms with Crippen LogP contribution in [0.4, 0.5) is 5.82 Å². The Kier molecular flexibility index (Phi) is 6.91. The van der Waals surface area contributed by atoms with E-state index in [0.29, 0.717) is 16.6 Å². The molecule has 2 aromatic heterocycles. The zero-order chi connectivity index (χ0) is 23.5. The number of rotatable bonds is 6. The van der Waals surface area contributed by atoms with E-state index in [0.717, 1.165) is 59.8 Å². The highest BCUT2D eigenvalue weighted by atomic mass is 35.5. The van der Waals surface area contributed by atoms with Crippen molar-refractivity contribution in [3.8, 4) is 22.4 Å². The highest BCUT2D eigenvalue weighted by Gasteiger charge is 2.29. The van der Waals surface area contributed by atoms with Crippen molar-refractivity contribution in [2.24, 2.45) is 0 Å². The first-order valence-electron chi connectivity index (χ1n) is 11.2. The number of amides is 1. The summed E-state index contributed by atoms with van der Waals surface area (Å²) in [5, 5.41) is 3.47. The zero-order valence-corrected chi connectivity index (χ0v) is 20.2. The number of aromatic nitrogens is 3. The minimum atomic E-state index is -0.0279. The molecular weight excluding hydrogens is 436 g/mol. The Morgan fingerprint density at radius 2 is 1.97 bits per heavy atom. The fraction of sp³-hybridized carbons (Fsp3) is 0.360. The predicted molar refractivity (Wildman–Crippen MR) is 133 cm³/mol. The van der Waals surface area contributed by atoms with Gasteiger partial charge in [0.15, 0.2) is 0 Å². The first-order valence-corrected chi connectivity index (χ1v) is 11.5. The van der Waals surface area contributed by atoms with Gasteiger partial charge in [0.2, 0.25) is 0 Å². The highest BCUT2D eigenvalue weighted by molar-refractivity contribution is 6.34. The fourth-order valence-electron chi connectivity index (χ4n) is 4.26. The molecule has 1 saturated heterocycles. The first kappa shape index (κ1) is 23.1. The van der Waals surface area contributed by atoms with Gasteiger partial charge in [-0.1, -0.05) is 24.6 Å². The van der Waals surface area contributed by atoms with Gasteiger partial charge >= 0.3 is 0 Å². The van der Waals surface area contributed by atoms with Crippen molar-refractivity contribution in [1.82, 2.24) is 24.8 Å². The van der Waals surface area contributed by atoms with Crippen LogP contribution >= 0.6 is 11.6 Å². The van der Waals surface area contributed by atoms with E-state index in [2.05, 4.69) is 32.1 Å². The molecule has 1 fully saturated rings. The van der Waals surface area contributed by atoms with Gasteiger partial charge < -0.3 is 15.1 Å². The molecule has 1 aliphatic heterocycles. The molecule has 0 bridgehead atoms. The Morgan fingerprint density at radius 1 is 1.18 bits per heavy atom. The van der Waals surface area contributed by atoms with Crippen molar-refractivity contribution in [3.63, 3.8) is 0 Å². The summed E-state index contributed by atoms with van der Waals surface area (Å²) < 4.78 is 0. The normalized spacial score (nSPS) is 15.8. The van der Waals surface area contributed by atoms with Gasteiger partial charge in [0.25, 0.3) is 5.91 Å². The summed E-state index contributed by atoms with van der Waals surface area (Å²) in [6.45, 7) is 3.53. The highest BCUT2D eigenvalue weighted by Crippen LogP contribution is 2.35. The Bertz CT molecular complexity index is 1150. The lowest BCUT2D eigenvalue weighted by molar-refractivity contribution is 0.0783. The molecular formula is C25H29ClN6O. The second-order valence-electron chi connectivity index (χ2n) is 8.43. The summed E-state index contributed by atoms with van der Waals surface area (Å²) in [5.74, 6) is 0.763. The van der Waals surface area contributed by atoms with Crippen LogP contribution in [0.15, 0.2) is 42.9 Å². The molecule has 1 atom stereocenters. The minimum absolute atomic E-state index is 0.0279. The van der Waals surface area contributed by atoms with E-state index in [-0.39, 0.29) is 5.91 Å². The molecule has 0 spiro atoms. The van der Waals surface area contributed by atoms with E-state index in [1.54, 1.807) is 6.33 Å². The van der Waals surface area contributed by atoms with Crippen LogP contribution in [0.25, 0.3) is 22.4 Å². The lowest BCUT2D eigenvalue weighted by Crippen LogP contribution is -2.34. The van der Waals surface area contributed by atoms with Crippen LogP contribution in [-0.4, -0.2) is 70.9 Å². The number of anilines is 1. The van der Waals surface area contributed by atoms with Crippen molar-refractivity contribution >= 4 is 23.3 Å².